The monoisotopic (exact) mass is 441 g/mol. The summed E-state index contributed by atoms with van der Waals surface area (Å²) in [5, 5.41) is 15.1. The molecule has 0 bridgehead atoms. The number of nitrogens with zero attached hydrogens (tertiary/aromatic N) is 4. The topological polar surface area (TPSA) is 72.7 Å². The smallest absolute Gasteiger partial charge is 0.236 e. The molecular weight excluding hydrogens is 414 g/mol. The third-order valence-electron chi connectivity index (χ3n) is 5.46. The van der Waals surface area contributed by atoms with Gasteiger partial charge in [0.25, 0.3) is 0 Å². The van der Waals surface area contributed by atoms with E-state index in [-0.39, 0.29) is 5.91 Å². The van der Waals surface area contributed by atoms with Crippen molar-refractivity contribution >= 4 is 34.1 Å². The summed E-state index contributed by atoms with van der Waals surface area (Å²) < 4.78 is 2.16. The number of thioether (sulfide) groups is 1. The van der Waals surface area contributed by atoms with Gasteiger partial charge in [0.05, 0.1) is 11.4 Å². The lowest BCUT2D eigenvalue weighted by molar-refractivity contribution is -0.113. The Balaban J connectivity index is 1.32. The molecule has 8 heteroatoms. The summed E-state index contributed by atoms with van der Waals surface area (Å²) in [4.78, 5) is 17.0. The minimum absolute atomic E-state index is 0.0755. The number of carbonyl (C=O) groups excluding carboxylic acids is 1. The Kier molecular flexibility index (Phi) is 7.17. The number of amides is 1. The summed E-state index contributed by atoms with van der Waals surface area (Å²) >= 11 is 2.88. The SMILES string of the molecule is CCn1c(CC2CCCCC2)nnc1SCC(=O)Nc1nc(-c2ccccc2)cs1. The van der Waals surface area contributed by atoms with Gasteiger partial charge in [0, 0.05) is 23.9 Å². The van der Waals surface area contributed by atoms with E-state index in [9.17, 15) is 4.79 Å². The molecule has 0 aliphatic heterocycles. The van der Waals surface area contributed by atoms with Gasteiger partial charge in [-0.3, -0.25) is 4.79 Å². The number of nitrogens with one attached hydrogen (secondary N) is 1. The number of hydrogen-bond donors (Lipinski definition) is 1. The van der Waals surface area contributed by atoms with Gasteiger partial charge in [-0.25, -0.2) is 4.98 Å². The van der Waals surface area contributed by atoms with Crippen LogP contribution in [0.3, 0.4) is 0 Å². The molecule has 30 heavy (non-hydrogen) atoms. The zero-order valence-electron chi connectivity index (χ0n) is 17.2. The number of hydrogen-bond acceptors (Lipinski definition) is 6. The summed E-state index contributed by atoms with van der Waals surface area (Å²) in [6.45, 7) is 2.93. The van der Waals surface area contributed by atoms with Gasteiger partial charge in [-0.15, -0.1) is 21.5 Å². The Hall–Kier alpha value is -2.19. The van der Waals surface area contributed by atoms with Crippen LogP contribution >= 0.6 is 23.1 Å². The molecule has 1 fully saturated rings. The molecule has 158 valence electrons. The molecule has 1 saturated carbocycles. The van der Waals surface area contributed by atoms with Crippen LogP contribution in [-0.2, 0) is 17.8 Å². The quantitative estimate of drug-likeness (QED) is 0.482. The van der Waals surface area contributed by atoms with Crippen LogP contribution in [0.15, 0.2) is 40.9 Å². The van der Waals surface area contributed by atoms with Gasteiger partial charge in [-0.1, -0.05) is 74.2 Å². The molecule has 4 rings (SSSR count). The summed E-state index contributed by atoms with van der Waals surface area (Å²) in [6.07, 6.45) is 7.60. The fraction of sp³-hybridized carbons (Fsp3) is 0.455. The second kappa shape index (κ2) is 10.2. The van der Waals surface area contributed by atoms with Crippen LogP contribution in [0, 0.1) is 5.92 Å². The second-order valence-corrected chi connectivity index (χ2v) is 9.39. The number of rotatable bonds is 8. The zero-order valence-corrected chi connectivity index (χ0v) is 18.8. The highest BCUT2D eigenvalue weighted by Crippen LogP contribution is 2.28. The highest BCUT2D eigenvalue weighted by molar-refractivity contribution is 7.99. The maximum atomic E-state index is 12.4. The molecule has 0 saturated heterocycles. The molecule has 0 spiro atoms. The highest BCUT2D eigenvalue weighted by atomic mass is 32.2. The predicted molar refractivity (Wildman–Crippen MR) is 123 cm³/mol. The first kappa shape index (κ1) is 21.1. The molecule has 1 aliphatic carbocycles. The van der Waals surface area contributed by atoms with Gasteiger partial charge < -0.3 is 9.88 Å². The molecule has 2 aromatic heterocycles. The third kappa shape index (κ3) is 5.29. The number of benzene rings is 1. The van der Waals surface area contributed by atoms with E-state index in [1.54, 1.807) is 0 Å². The number of anilines is 1. The van der Waals surface area contributed by atoms with Crippen LogP contribution in [0.4, 0.5) is 5.13 Å². The molecule has 1 aromatic carbocycles. The first-order valence-electron chi connectivity index (χ1n) is 10.6. The van der Waals surface area contributed by atoms with Crippen molar-refractivity contribution in [2.24, 2.45) is 5.92 Å². The summed E-state index contributed by atoms with van der Waals surface area (Å²) in [6, 6.07) is 9.97. The van der Waals surface area contributed by atoms with Gasteiger partial charge in [0.15, 0.2) is 10.3 Å². The van der Waals surface area contributed by atoms with Crippen LogP contribution in [0.1, 0.15) is 44.9 Å². The van der Waals surface area contributed by atoms with Gasteiger partial charge >= 0.3 is 0 Å². The summed E-state index contributed by atoms with van der Waals surface area (Å²) in [5.74, 6) is 1.99. The maximum Gasteiger partial charge on any atom is 0.236 e. The van der Waals surface area contributed by atoms with Crippen molar-refractivity contribution in [3.63, 3.8) is 0 Å². The number of aromatic nitrogens is 4. The van der Waals surface area contributed by atoms with E-state index >= 15 is 0 Å². The molecule has 1 aliphatic rings. The minimum atomic E-state index is -0.0755. The van der Waals surface area contributed by atoms with E-state index in [4.69, 9.17) is 0 Å². The second-order valence-electron chi connectivity index (χ2n) is 7.59. The first-order valence-corrected chi connectivity index (χ1v) is 12.4. The number of carbonyl (C=O) groups is 1. The maximum absolute atomic E-state index is 12.4. The molecule has 6 nitrogen and oxygen atoms in total. The average Bonchev–Trinajstić information content (AvgIpc) is 3.40. The van der Waals surface area contributed by atoms with Crippen LogP contribution in [0.5, 0.6) is 0 Å². The molecule has 0 unspecified atom stereocenters. The molecule has 0 radical (unpaired) electrons. The number of thiazole rings is 1. The Labute approximate surface area is 185 Å². The minimum Gasteiger partial charge on any atom is -0.306 e. The van der Waals surface area contributed by atoms with Crippen molar-refractivity contribution < 1.29 is 4.79 Å². The van der Waals surface area contributed by atoms with E-state index < -0.39 is 0 Å². The van der Waals surface area contributed by atoms with Crippen molar-refractivity contribution in [3.05, 3.63) is 41.5 Å². The molecule has 1 N–H and O–H groups in total. The van der Waals surface area contributed by atoms with E-state index in [0.29, 0.717) is 10.9 Å². The van der Waals surface area contributed by atoms with Crippen LogP contribution in [0.25, 0.3) is 11.3 Å². The van der Waals surface area contributed by atoms with Crippen molar-refractivity contribution in [1.29, 1.82) is 0 Å². The van der Waals surface area contributed by atoms with E-state index in [0.717, 1.165) is 41.1 Å². The largest absolute Gasteiger partial charge is 0.306 e. The van der Waals surface area contributed by atoms with Crippen molar-refractivity contribution in [1.82, 2.24) is 19.7 Å². The van der Waals surface area contributed by atoms with E-state index in [1.807, 2.05) is 35.7 Å². The lowest BCUT2D eigenvalue weighted by Crippen LogP contribution is -2.15. The Morgan fingerprint density at radius 3 is 2.77 bits per heavy atom. The molecule has 3 aromatic rings. The third-order valence-corrected chi connectivity index (χ3v) is 7.18. The molecular formula is C22H27N5OS2. The zero-order chi connectivity index (χ0) is 20.8. The van der Waals surface area contributed by atoms with Crippen molar-refractivity contribution in [2.75, 3.05) is 11.1 Å². The summed E-state index contributed by atoms with van der Waals surface area (Å²) in [5.41, 5.74) is 1.92. The summed E-state index contributed by atoms with van der Waals surface area (Å²) in [7, 11) is 0. The van der Waals surface area contributed by atoms with Crippen LogP contribution in [0.2, 0.25) is 0 Å². The van der Waals surface area contributed by atoms with Gasteiger partial charge in [-0.2, -0.15) is 0 Å². The average molecular weight is 442 g/mol. The molecule has 2 heterocycles. The normalized spacial score (nSPS) is 14.7. The van der Waals surface area contributed by atoms with Crippen molar-refractivity contribution in [2.45, 2.75) is 57.1 Å². The van der Waals surface area contributed by atoms with E-state index in [1.165, 1.54) is 55.2 Å². The van der Waals surface area contributed by atoms with Gasteiger partial charge in [-0.05, 0) is 12.8 Å². The van der Waals surface area contributed by atoms with Crippen LogP contribution < -0.4 is 5.32 Å². The Bertz CT molecular complexity index is 963. The van der Waals surface area contributed by atoms with Gasteiger partial charge in [0.2, 0.25) is 5.91 Å². The van der Waals surface area contributed by atoms with Gasteiger partial charge in [0.1, 0.15) is 5.82 Å². The fourth-order valence-corrected chi connectivity index (χ4v) is 5.46. The Morgan fingerprint density at radius 1 is 1.20 bits per heavy atom. The lowest BCUT2D eigenvalue weighted by Gasteiger charge is -2.21. The first-order chi connectivity index (χ1) is 14.7. The highest BCUT2D eigenvalue weighted by Gasteiger charge is 2.19. The molecule has 0 atom stereocenters. The fourth-order valence-electron chi connectivity index (χ4n) is 3.90. The van der Waals surface area contributed by atoms with Crippen molar-refractivity contribution in [3.8, 4) is 11.3 Å². The molecule has 1 amide bonds. The Morgan fingerprint density at radius 2 is 2.00 bits per heavy atom. The standard InChI is InChI=1S/C22H27N5OS2/c1-2-27-19(13-16-9-5-3-6-10-16)25-26-22(27)30-15-20(28)24-21-23-18(14-29-21)17-11-7-4-8-12-17/h4,7-8,11-12,14,16H,2-3,5-6,9-10,13,15H2,1H3,(H,23,24,28). The lowest BCUT2D eigenvalue weighted by atomic mass is 9.87. The predicted octanol–water partition coefficient (Wildman–Crippen LogP) is 5.28. The van der Waals surface area contributed by atoms with Crippen LogP contribution in [-0.4, -0.2) is 31.4 Å². The van der Waals surface area contributed by atoms with E-state index in [2.05, 4.69) is 32.0 Å².